The Hall–Kier alpha value is -1.37. The van der Waals surface area contributed by atoms with Gasteiger partial charge < -0.3 is 5.32 Å². The van der Waals surface area contributed by atoms with Crippen LogP contribution in [0.25, 0.3) is 0 Å². The van der Waals surface area contributed by atoms with Crippen LogP contribution in [0.4, 0.5) is 11.4 Å². The van der Waals surface area contributed by atoms with Crippen molar-refractivity contribution >= 4 is 40.5 Å². The Kier molecular flexibility index (Phi) is 3.18. The lowest BCUT2D eigenvalue weighted by molar-refractivity contribution is -0.122. The van der Waals surface area contributed by atoms with Gasteiger partial charge in [0.15, 0.2) is 0 Å². The molecule has 94 valence electrons. The van der Waals surface area contributed by atoms with E-state index in [4.69, 9.17) is 29.6 Å². The highest BCUT2D eigenvalue weighted by atomic mass is 35.5. The molecular weight excluding hydrogens is 271 g/mol. The maximum absolute atomic E-state index is 12.3. The summed E-state index contributed by atoms with van der Waals surface area (Å²) in [4.78, 5) is 13.8. The highest BCUT2D eigenvalue weighted by Crippen LogP contribution is 2.40. The first-order chi connectivity index (χ1) is 8.36. The van der Waals surface area contributed by atoms with Gasteiger partial charge in [0.2, 0.25) is 0 Å². The molecule has 0 saturated heterocycles. The third-order valence-electron chi connectivity index (χ3n) is 2.81. The molecule has 1 aromatic carbocycles. The van der Waals surface area contributed by atoms with E-state index in [9.17, 15) is 4.79 Å². The Morgan fingerprint density at radius 1 is 1.39 bits per heavy atom. The van der Waals surface area contributed by atoms with E-state index < -0.39 is 5.54 Å². The molecule has 5 heteroatoms. The van der Waals surface area contributed by atoms with Crippen LogP contribution in [0.5, 0.6) is 0 Å². The lowest BCUT2D eigenvalue weighted by Gasteiger charge is -2.39. The molecule has 0 fully saturated rings. The monoisotopic (exact) mass is 282 g/mol. The molecule has 0 atom stereocenters. The number of hydrogen-bond donors (Lipinski definition) is 1. The van der Waals surface area contributed by atoms with Crippen LogP contribution in [-0.4, -0.2) is 18.0 Å². The number of halogens is 2. The van der Waals surface area contributed by atoms with Crippen molar-refractivity contribution in [1.82, 2.24) is 0 Å². The molecule has 1 heterocycles. The van der Waals surface area contributed by atoms with Crippen molar-refractivity contribution in [2.75, 3.05) is 16.8 Å². The molecule has 0 saturated carbocycles. The molecule has 1 aliphatic rings. The average molecular weight is 283 g/mol. The molecule has 1 aliphatic heterocycles. The normalized spacial score (nSPS) is 16.8. The lowest BCUT2D eigenvalue weighted by Crippen LogP contribution is -2.54. The minimum atomic E-state index is -0.721. The second-order valence-electron chi connectivity index (χ2n) is 4.63. The largest absolute Gasteiger partial charge is 0.370 e. The first-order valence-electron chi connectivity index (χ1n) is 5.39. The van der Waals surface area contributed by atoms with Gasteiger partial charge in [0.1, 0.15) is 5.54 Å². The molecular formula is C13H12Cl2N2O. The Bertz CT molecular complexity index is 561. The van der Waals surface area contributed by atoms with Gasteiger partial charge in [-0.1, -0.05) is 29.1 Å². The lowest BCUT2D eigenvalue weighted by atomic mass is 9.98. The van der Waals surface area contributed by atoms with Gasteiger partial charge in [0.25, 0.3) is 5.91 Å². The number of anilines is 2. The van der Waals surface area contributed by atoms with Crippen molar-refractivity contribution in [2.24, 2.45) is 0 Å². The molecule has 1 amide bonds. The van der Waals surface area contributed by atoms with Gasteiger partial charge in [-0.25, -0.2) is 0 Å². The van der Waals surface area contributed by atoms with Crippen LogP contribution in [0.2, 0.25) is 10.0 Å². The van der Waals surface area contributed by atoms with Crippen molar-refractivity contribution in [3.63, 3.8) is 0 Å². The van der Waals surface area contributed by atoms with Gasteiger partial charge in [-0.2, -0.15) is 0 Å². The molecule has 0 spiro atoms. The predicted molar refractivity (Wildman–Crippen MR) is 75.3 cm³/mol. The Balaban J connectivity index is 2.60. The van der Waals surface area contributed by atoms with Gasteiger partial charge in [0, 0.05) is 0 Å². The highest BCUT2D eigenvalue weighted by molar-refractivity contribution is 6.42. The predicted octanol–water partition coefficient (Wildman–Crippen LogP) is 3.16. The minimum absolute atomic E-state index is 0.0914. The fourth-order valence-corrected chi connectivity index (χ4v) is 2.27. The minimum Gasteiger partial charge on any atom is -0.370 e. The quantitative estimate of drug-likeness (QED) is 0.803. The molecule has 1 aromatic rings. The summed E-state index contributed by atoms with van der Waals surface area (Å²) in [5, 5.41) is 3.97. The van der Waals surface area contributed by atoms with Gasteiger partial charge in [-0.3, -0.25) is 9.69 Å². The van der Waals surface area contributed by atoms with Crippen LogP contribution in [0.1, 0.15) is 13.8 Å². The molecule has 2 rings (SSSR count). The SMILES string of the molecule is C#CCN1C(=O)C(C)(C)Nc2cc(Cl)c(Cl)cc21. The van der Waals surface area contributed by atoms with E-state index in [1.54, 1.807) is 26.0 Å². The second kappa shape index (κ2) is 4.38. The van der Waals surface area contributed by atoms with E-state index in [1.165, 1.54) is 4.90 Å². The van der Waals surface area contributed by atoms with E-state index in [2.05, 4.69) is 11.2 Å². The van der Waals surface area contributed by atoms with E-state index in [0.29, 0.717) is 15.7 Å². The second-order valence-corrected chi connectivity index (χ2v) is 5.44. The summed E-state index contributed by atoms with van der Waals surface area (Å²) >= 11 is 12.0. The summed E-state index contributed by atoms with van der Waals surface area (Å²) in [5.74, 6) is 2.39. The van der Waals surface area contributed by atoms with Crippen molar-refractivity contribution in [3.8, 4) is 12.3 Å². The number of hydrogen-bond acceptors (Lipinski definition) is 2. The number of rotatable bonds is 1. The fraction of sp³-hybridized carbons (Fsp3) is 0.308. The van der Waals surface area contributed by atoms with Crippen LogP contribution >= 0.6 is 23.2 Å². The smallest absolute Gasteiger partial charge is 0.252 e. The molecule has 0 aliphatic carbocycles. The van der Waals surface area contributed by atoms with Crippen molar-refractivity contribution in [1.29, 1.82) is 0 Å². The topological polar surface area (TPSA) is 32.3 Å². The van der Waals surface area contributed by atoms with E-state index in [0.717, 1.165) is 5.69 Å². The third-order valence-corrected chi connectivity index (χ3v) is 3.53. The standard InChI is InChI=1S/C13H12Cl2N2O/c1-4-5-17-11-7-9(15)8(14)6-10(11)16-13(2,3)12(17)18/h1,6-7,16H,5H2,2-3H3. The maximum Gasteiger partial charge on any atom is 0.252 e. The molecule has 18 heavy (non-hydrogen) atoms. The molecule has 0 unspecified atom stereocenters. The van der Waals surface area contributed by atoms with Crippen molar-refractivity contribution < 1.29 is 4.79 Å². The van der Waals surface area contributed by atoms with Crippen LogP contribution in [0.15, 0.2) is 12.1 Å². The number of terminal acetylenes is 1. The number of benzene rings is 1. The number of carbonyl (C=O) groups excluding carboxylic acids is 1. The fourth-order valence-electron chi connectivity index (χ4n) is 1.94. The third kappa shape index (κ3) is 2.03. The van der Waals surface area contributed by atoms with E-state index in [1.807, 2.05) is 0 Å². The van der Waals surface area contributed by atoms with Gasteiger partial charge in [-0.05, 0) is 26.0 Å². The summed E-state index contributed by atoms with van der Waals surface area (Å²) in [6, 6.07) is 3.35. The Morgan fingerprint density at radius 3 is 2.61 bits per heavy atom. The number of nitrogens with one attached hydrogen (secondary N) is 1. The number of amides is 1. The number of carbonyl (C=O) groups is 1. The average Bonchev–Trinajstić information content (AvgIpc) is 2.28. The number of fused-ring (bicyclic) bond motifs is 1. The molecule has 0 bridgehead atoms. The summed E-state index contributed by atoms with van der Waals surface area (Å²) < 4.78 is 0. The summed E-state index contributed by atoms with van der Waals surface area (Å²) in [5.41, 5.74) is 0.692. The van der Waals surface area contributed by atoms with Crippen molar-refractivity contribution in [3.05, 3.63) is 22.2 Å². The van der Waals surface area contributed by atoms with Crippen LogP contribution in [0, 0.1) is 12.3 Å². The van der Waals surface area contributed by atoms with Gasteiger partial charge >= 0.3 is 0 Å². The number of nitrogens with zero attached hydrogens (tertiary/aromatic N) is 1. The Morgan fingerprint density at radius 2 is 2.00 bits per heavy atom. The maximum atomic E-state index is 12.3. The van der Waals surface area contributed by atoms with Gasteiger partial charge in [0.05, 0.1) is 28.0 Å². The molecule has 3 nitrogen and oxygen atoms in total. The summed E-state index contributed by atoms with van der Waals surface area (Å²) in [6.07, 6.45) is 5.31. The molecule has 1 N–H and O–H groups in total. The first kappa shape index (κ1) is 13.1. The Labute approximate surface area is 116 Å². The molecule has 0 aromatic heterocycles. The zero-order valence-corrected chi connectivity index (χ0v) is 11.6. The molecule has 0 radical (unpaired) electrons. The van der Waals surface area contributed by atoms with E-state index >= 15 is 0 Å². The zero-order chi connectivity index (χ0) is 13.5. The zero-order valence-electron chi connectivity index (χ0n) is 10.1. The van der Waals surface area contributed by atoms with Crippen LogP contribution in [-0.2, 0) is 4.79 Å². The summed E-state index contributed by atoms with van der Waals surface area (Å²) in [7, 11) is 0. The van der Waals surface area contributed by atoms with E-state index in [-0.39, 0.29) is 12.5 Å². The van der Waals surface area contributed by atoms with Crippen molar-refractivity contribution in [2.45, 2.75) is 19.4 Å². The van der Waals surface area contributed by atoms with Gasteiger partial charge in [-0.15, -0.1) is 6.42 Å². The van der Waals surface area contributed by atoms with Crippen LogP contribution < -0.4 is 10.2 Å². The first-order valence-corrected chi connectivity index (χ1v) is 6.15. The van der Waals surface area contributed by atoms with Crippen LogP contribution in [0.3, 0.4) is 0 Å². The summed E-state index contributed by atoms with van der Waals surface area (Å²) in [6.45, 7) is 3.80. The highest BCUT2D eigenvalue weighted by Gasteiger charge is 2.38.